The van der Waals surface area contributed by atoms with E-state index in [1.807, 2.05) is 18.2 Å². The number of carbonyl (C=O) groups excluding carboxylic acids is 2. The van der Waals surface area contributed by atoms with Crippen LogP contribution in [0, 0.1) is 0 Å². The van der Waals surface area contributed by atoms with Crippen LogP contribution in [0.2, 0.25) is 0 Å². The molecule has 0 fully saturated rings. The Morgan fingerprint density at radius 2 is 1.45 bits per heavy atom. The van der Waals surface area contributed by atoms with Crippen LogP contribution < -0.4 is 4.74 Å². The third-order valence-electron chi connectivity index (χ3n) is 3.04. The highest BCUT2D eigenvalue weighted by atomic mass is 16.5. The Morgan fingerprint density at radius 1 is 0.900 bits per heavy atom. The minimum Gasteiger partial charge on any atom is -0.483 e. The smallest absolute Gasteiger partial charge is 0.193 e. The Bertz CT molecular complexity index is 600. The van der Waals surface area contributed by atoms with Crippen molar-refractivity contribution in [1.82, 2.24) is 0 Å². The van der Waals surface area contributed by atoms with Crippen molar-refractivity contribution in [2.75, 3.05) is 0 Å². The Kier molecular flexibility index (Phi) is 4.31. The third kappa shape index (κ3) is 3.32. The van der Waals surface area contributed by atoms with Crippen LogP contribution in [0.25, 0.3) is 0 Å². The molecule has 0 heterocycles. The van der Waals surface area contributed by atoms with Crippen LogP contribution in [-0.4, -0.2) is 17.7 Å². The maximum Gasteiger partial charge on any atom is 0.193 e. The maximum atomic E-state index is 12.2. The van der Waals surface area contributed by atoms with Crippen molar-refractivity contribution in [3.63, 3.8) is 0 Å². The Hall–Kier alpha value is -2.42. The molecule has 0 bridgehead atoms. The van der Waals surface area contributed by atoms with Gasteiger partial charge in [-0.3, -0.25) is 9.59 Å². The van der Waals surface area contributed by atoms with E-state index in [2.05, 4.69) is 0 Å². The quantitative estimate of drug-likeness (QED) is 0.782. The molecular weight excluding hydrogens is 252 g/mol. The molecule has 0 amide bonds. The number of carbonyl (C=O) groups is 2. The number of rotatable bonds is 5. The zero-order chi connectivity index (χ0) is 14.5. The first-order valence-electron chi connectivity index (χ1n) is 6.45. The molecule has 2 rings (SSSR count). The van der Waals surface area contributed by atoms with Gasteiger partial charge in [0.15, 0.2) is 17.7 Å². The summed E-state index contributed by atoms with van der Waals surface area (Å²) in [5, 5.41) is 0. The van der Waals surface area contributed by atoms with Crippen molar-refractivity contribution in [2.45, 2.75) is 20.0 Å². The lowest BCUT2D eigenvalue weighted by atomic mass is 10.0. The molecule has 0 aliphatic carbocycles. The highest BCUT2D eigenvalue weighted by Gasteiger charge is 2.11. The molecule has 2 aromatic rings. The van der Waals surface area contributed by atoms with Gasteiger partial charge in [-0.05, 0) is 38.1 Å². The first-order valence-corrected chi connectivity index (χ1v) is 6.45. The van der Waals surface area contributed by atoms with Gasteiger partial charge in [0.25, 0.3) is 0 Å². The van der Waals surface area contributed by atoms with Gasteiger partial charge in [-0.1, -0.05) is 30.3 Å². The van der Waals surface area contributed by atoms with Crippen molar-refractivity contribution < 1.29 is 14.3 Å². The fourth-order valence-corrected chi connectivity index (χ4v) is 1.73. The van der Waals surface area contributed by atoms with E-state index >= 15 is 0 Å². The molecule has 1 unspecified atom stereocenters. The fraction of sp³-hybridized carbons (Fsp3) is 0.176. The fourth-order valence-electron chi connectivity index (χ4n) is 1.73. The van der Waals surface area contributed by atoms with Crippen LogP contribution in [0.1, 0.15) is 29.8 Å². The third-order valence-corrected chi connectivity index (χ3v) is 3.04. The lowest BCUT2D eigenvalue weighted by molar-refractivity contribution is -0.122. The molecule has 0 spiro atoms. The molecule has 102 valence electrons. The number of hydrogen-bond acceptors (Lipinski definition) is 3. The normalized spacial score (nSPS) is 11.7. The van der Waals surface area contributed by atoms with Crippen molar-refractivity contribution >= 4 is 11.6 Å². The van der Waals surface area contributed by atoms with E-state index in [1.165, 1.54) is 6.92 Å². The van der Waals surface area contributed by atoms with E-state index < -0.39 is 6.10 Å². The zero-order valence-electron chi connectivity index (χ0n) is 11.5. The summed E-state index contributed by atoms with van der Waals surface area (Å²) in [6.07, 6.45) is -0.481. The molecule has 20 heavy (non-hydrogen) atoms. The van der Waals surface area contributed by atoms with Crippen LogP contribution in [0.15, 0.2) is 54.6 Å². The number of Topliss-reactive ketones (excluding diaryl/α,β-unsaturated/α-hetero) is 1. The summed E-state index contributed by atoms with van der Waals surface area (Å²) >= 11 is 0. The summed E-state index contributed by atoms with van der Waals surface area (Å²) in [5.41, 5.74) is 1.25. The number of ether oxygens (including phenoxy) is 1. The molecule has 0 aliphatic heterocycles. The monoisotopic (exact) mass is 268 g/mol. The van der Waals surface area contributed by atoms with E-state index in [1.54, 1.807) is 43.3 Å². The standard InChI is InChI=1S/C17H16O3/c1-12(18)13(2)20-16-10-8-15(9-11-16)17(19)14-6-4-3-5-7-14/h3-11,13H,1-2H3. The van der Waals surface area contributed by atoms with Gasteiger partial charge in [-0.15, -0.1) is 0 Å². The first-order chi connectivity index (χ1) is 9.58. The van der Waals surface area contributed by atoms with Gasteiger partial charge in [0.1, 0.15) is 5.75 Å². The number of benzene rings is 2. The predicted molar refractivity (Wildman–Crippen MR) is 77.1 cm³/mol. The van der Waals surface area contributed by atoms with Gasteiger partial charge in [-0.2, -0.15) is 0 Å². The molecule has 2 aromatic carbocycles. The summed E-state index contributed by atoms with van der Waals surface area (Å²) in [7, 11) is 0. The molecule has 0 radical (unpaired) electrons. The van der Waals surface area contributed by atoms with Crippen LogP contribution in [0.4, 0.5) is 0 Å². The molecule has 3 nitrogen and oxygen atoms in total. The Balaban J connectivity index is 2.12. The van der Waals surface area contributed by atoms with Gasteiger partial charge in [0.2, 0.25) is 0 Å². The molecule has 0 saturated carbocycles. The lowest BCUT2D eigenvalue weighted by Gasteiger charge is -2.11. The van der Waals surface area contributed by atoms with Gasteiger partial charge in [0.05, 0.1) is 0 Å². The van der Waals surface area contributed by atoms with Crippen molar-refractivity contribution in [1.29, 1.82) is 0 Å². The minimum atomic E-state index is -0.481. The average Bonchev–Trinajstić information content (AvgIpc) is 2.48. The molecular formula is C17H16O3. The molecule has 3 heteroatoms. The highest BCUT2D eigenvalue weighted by molar-refractivity contribution is 6.08. The average molecular weight is 268 g/mol. The SMILES string of the molecule is CC(=O)C(C)Oc1ccc(C(=O)c2ccccc2)cc1. The van der Waals surface area contributed by atoms with E-state index in [9.17, 15) is 9.59 Å². The van der Waals surface area contributed by atoms with Gasteiger partial charge in [0, 0.05) is 11.1 Å². The van der Waals surface area contributed by atoms with E-state index in [4.69, 9.17) is 4.74 Å². The molecule has 0 aliphatic rings. The van der Waals surface area contributed by atoms with Gasteiger partial charge in [-0.25, -0.2) is 0 Å². The highest BCUT2D eigenvalue weighted by Crippen LogP contribution is 2.16. The Labute approximate surface area is 118 Å². The van der Waals surface area contributed by atoms with Crippen molar-refractivity contribution in [2.24, 2.45) is 0 Å². The van der Waals surface area contributed by atoms with Gasteiger partial charge < -0.3 is 4.74 Å². The summed E-state index contributed by atoms with van der Waals surface area (Å²) in [6.45, 7) is 3.18. The molecule has 0 saturated heterocycles. The molecule has 0 aromatic heterocycles. The van der Waals surface area contributed by atoms with Crippen LogP contribution in [0.5, 0.6) is 5.75 Å². The molecule has 0 N–H and O–H groups in total. The summed E-state index contributed by atoms with van der Waals surface area (Å²) < 4.78 is 5.46. The summed E-state index contributed by atoms with van der Waals surface area (Å²) in [4.78, 5) is 23.3. The second-order valence-corrected chi connectivity index (χ2v) is 4.59. The van der Waals surface area contributed by atoms with Crippen LogP contribution in [0.3, 0.4) is 0 Å². The lowest BCUT2D eigenvalue weighted by Crippen LogP contribution is -2.20. The first kappa shape index (κ1) is 14.0. The predicted octanol–water partition coefficient (Wildman–Crippen LogP) is 3.27. The summed E-state index contributed by atoms with van der Waals surface area (Å²) in [5.74, 6) is 0.517. The maximum absolute atomic E-state index is 12.2. The number of ketones is 2. The number of hydrogen-bond donors (Lipinski definition) is 0. The van der Waals surface area contributed by atoms with E-state index in [-0.39, 0.29) is 11.6 Å². The zero-order valence-corrected chi connectivity index (χ0v) is 11.5. The van der Waals surface area contributed by atoms with E-state index in [0.717, 1.165) is 0 Å². The van der Waals surface area contributed by atoms with Gasteiger partial charge >= 0.3 is 0 Å². The molecule has 1 atom stereocenters. The summed E-state index contributed by atoms with van der Waals surface area (Å²) in [6, 6.07) is 15.9. The van der Waals surface area contributed by atoms with Crippen LogP contribution >= 0.6 is 0 Å². The minimum absolute atomic E-state index is 0.0308. The Morgan fingerprint density at radius 3 is 2.00 bits per heavy atom. The van der Waals surface area contributed by atoms with Crippen molar-refractivity contribution in [3.05, 3.63) is 65.7 Å². The topological polar surface area (TPSA) is 43.4 Å². The second kappa shape index (κ2) is 6.15. The van der Waals surface area contributed by atoms with Crippen LogP contribution in [-0.2, 0) is 4.79 Å². The van der Waals surface area contributed by atoms with Crippen molar-refractivity contribution in [3.8, 4) is 5.75 Å². The largest absolute Gasteiger partial charge is 0.483 e. The van der Waals surface area contributed by atoms with E-state index in [0.29, 0.717) is 16.9 Å². The second-order valence-electron chi connectivity index (χ2n) is 4.59.